The predicted octanol–water partition coefficient (Wildman–Crippen LogP) is 2.68. The summed E-state index contributed by atoms with van der Waals surface area (Å²) in [6.45, 7) is 2.01. The van der Waals surface area contributed by atoms with E-state index in [4.69, 9.17) is 10.3 Å². The Morgan fingerprint density at radius 1 is 1.65 bits per heavy atom. The van der Waals surface area contributed by atoms with Crippen molar-refractivity contribution in [1.82, 2.24) is 9.97 Å². The monoisotopic (exact) mass is 231 g/mol. The van der Waals surface area contributed by atoms with E-state index in [2.05, 4.69) is 20.0 Å². The lowest BCUT2D eigenvalue weighted by Crippen LogP contribution is -2.06. The SMILES string of the molecule is CCOC(=O)c1nc2ccc(N=[N+]=[N-])cc2[nH]1. The Hall–Kier alpha value is -2.53. The quantitative estimate of drug-likeness (QED) is 0.380. The number of aromatic nitrogens is 2. The minimum atomic E-state index is -0.506. The zero-order chi connectivity index (χ0) is 12.3. The van der Waals surface area contributed by atoms with E-state index in [-0.39, 0.29) is 5.82 Å². The second kappa shape index (κ2) is 4.54. The van der Waals surface area contributed by atoms with E-state index in [0.717, 1.165) is 0 Å². The smallest absolute Gasteiger partial charge is 0.374 e. The summed E-state index contributed by atoms with van der Waals surface area (Å²) in [4.78, 5) is 21.0. The van der Waals surface area contributed by atoms with Gasteiger partial charge in [-0.05, 0) is 24.6 Å². The zero-order valence-electron chi connectivity index (χ0n) is 9.04. The van der Waals surface area contributed by atoms with Gasteiger partial charge in [-0.25, -0.2) is 9.78 Å². The average molecular weight is 231 g/mol. The highest BCUT2D eigenvalue weighted by molar-refractivity contribution is 5.90. The highest BCUT2D eigenvalue weighted by Crippen LogP contribution is 2.19. The van der Waals surface area contributed by atoms with Crippen LogP contribution in [0.1, 0.15) is 17.5 Å². The molecule has 1 heterocycles. The van der Waals surface area contributed by atoms with E-state index in [1.54, 1.807) is 25.1 Å². The van der Waals surface area contributed by atoms with Crippen LogP contribution in [-0.2, 0) is 4.74 Å². The first-order chi connectivity index (χ1) is 8.24. The van der Waals surface area contributed by atoms with Gasteiger partial charge in [-0.1, -0.05) is 11.2 Å². The van der Waals surface area contributed by atoms with Gasteiger partial charge >= 0.3 is 5.97 Å². The Balaban J connectivity index is 2.43. The number of azide groups is 1. The van der Waals surface area contributed by atoms with Gasteiger partial charge < -0.3 is 9.72 Å². The molecule has 0 amide bonds. The maximum atomic E-state index is 11.4. The maximum Gasteiger partial charge on any atom is 0.374 e. The van der Waals surface area contributed by atoms with Crippen LogP contribution in [0.5, 0.6) is 0 Å². The van der Waals surface area contributed by atoms with Crippen molar-refractivity contribution in [3.8, 4) is 0 Å². The van der Waals surface area contributed by atoms with Crippen molar-refractivity contribution < 1.29 is 9.53 Å². The first-order valence-corrected chi connectivity index (χ1v) is 4.96. The van der Waals surface area contributed by atoms with Gasteiger partial charge in [0, 0.05) is 10.6 Å². The van der Waals surface area contributed by atoms with Crippen LogP contribution in [0, 0.1) is 0 Å². The molecule has 0 atom stereocenters. The molecule has 0 saturated carbocycles. The number of nitrogens with zero attached hydrogens (tertiary/aromatic N) is 4. The number of benzene rings is 1. The maximum absolute atomic E-state index is 11.4. The number of imidazole rings is 1. The number of fused-ring (bicyclic) bond motifs is 1. The second-order valence-corrected chi connectivity index (χ2v) is 3.20. The Labute approximate surface area is 96.0 Å². The van der Waals surface area contributed by atoms with Crippen LogP contribution in [-0.4, -0.2) is 22.5 Å². The normalized spacial score (nSPS) is 9.94. The topological polar surface area (TPSA) is 104 Å². The highest BCUT2D eigenvalue weighted by Gasteiger charge is 2.12. The third-order valence-electron chi connectivity index (χ3n) is 2.09. The zero-order valence-corrected chi connectivity index (χ0v) is 9.04. The van der Waals surface area contributed by atoms with Gasteiger partial charge in [0.25, 0.3) is 0 Å². The number of aromatic amines is 1. The van der Waals surface area contributed by atoms with Gasteiger partial charge in [0.15, 0.2) is 0 Å². The van der Waals surface area contributed by atoms with Crippen LogP contribution in [0.4, 0.5) is 5.69 Å². The molecule has 7 nitrogen and oxygen atoms in total. The molecule has 0 unspecified atom stereocenters. The van der Waals surface area contributed by atoms with Crippen molar-refractivity contribution in [2.45, 2.75) is 6.92 Å². The van der Waals surface area contributed by atoms with Crippen LogP contribution in [0.2, 0.25) is 0 Å². The van der Waals surface area contributed by atoms with Crippen molar-refractivity contribution in [1.29, 1.82) is 0 Å². The molecule has 0 aliphatic heterocycles. The molecule has 2 aromatic rings. The number of hydrogen-bond donors (Lipinski definition) is 1. The van der Waals surface area contributed by atoms with Gasteiger partial charge in [-0.15, -0.1) is 0 Å². The summed E-state index contributed by atoms with van der Waals surface area (Å²) in [6.07, 6.45) is 0. The van der Waals surface area contributed by atoms with Gasteiger partial charge in [0.1, 0.15) is 0 Å². The lowest BCUT2D eigenvalue weighted by atomic mass is 10.3. The molecular formula is C10H9N5O2. The molecule has 0 fully saturated rings. The number of ether oxygens (including phenoxy) is 1. The van der Waals surface area contributed by atoms with E-state index in [0.29, 0.717) is 23.3 Å². The van der Waals surface area contributed by atoms with Gasteiger partial charge in [-0.2, -0.15) is 0 Å². The van der Waals surface area contributed by atoms with Crippen molar-refractivity contribution in [2.24, 2.45) is 5.11 Å². The van der Waals surface area contributed by atoms with Crippen LogP contribution >= 0.6 is 0 Å². The number of carbonyl (C=O) groups is 1. The molecule has 7 heteroatoms. The Morgan fingerprint density at radius 3 is 3.18 bits per heavy atom. The number of carbonyl (C=O) groups excluding carboxylic acids is 1. The lowest BCUT2D eigenvalue weighted by molar-refractivity contribution is 0.0514. The standard InChI is InChI=1S/C10H9N5O2/c1-2-17-10(16)9-12-7-4-3-6(14-15-11)5-8(7)13-9/h3-5H,2H2,1H3,(H,12,13). The van der Waals surface area contributed by atoms with E-state index in [1.165, 1.54) is 0 Å². The summed E-state index contributed by atoms with van der Waals surface area (Å²) in [5.41, 5.74) is 10.0. The molecular weight excluding hydrogens is 222 g/mol. The Bertz CT molecular complexity index is 612. The molecule has 17 heavy (non-hydrogen) atoms. The first kappa shape index (κ1) is 11.0. The van der Waals surface area contributed by atoms with Crippen molar-refractivity contribution in [2.75, 3.05) is 6.61 Å². The molecule has 2 rings (SSSR count). The largest absolute Gasteiger partial charge is 0.460 e. The average Bonchev–Trinajstić information content (AvgIpc) is 2.73. The van der Waals surface area contributed by atoms with Crippen LogP contribution in [0.3, 0.4) is 0 Å². The molecule has 0 radical (unpaired) electrons. The van der Waals surface area contributed by atoms with E-state index < -0.39 is 5.97 Å². The number of H-pyrrole nitrogens is 1. The molecule has 1 N–H and O–H groups in total. The molecule has 0 aliphatic rings. The molecule has 0 aliphatic carbocycles. The number of nitrogens with one attached hydrogen (secondary N) is 1. The fraction of sp³-hybridized carbons (Fsp3) is 0.200. The molecule has 1 aromatic carbocycles. The Morgan fingerprint density at radius 2 is 2.47 bits per heavy atom. The molecule has 0 spiro atoms. The summed E-state index contributed by atoms with van der Waals surface area (Å²) in [5, 5.41) is 3.46. The molecule has 1 aromatic heterocycles. The van der Waals surface area contributed by atoms with E-state index in [1.807, 2.05) is 0 Å². The number of rotatable bonds is 3. The fourth-order valence-corrected chi connectivity index (χ4v) is 1.41. The summed E-state index contributed by atoms with van der Waals surface area (Å²) in [5.74, 6) is -0.367. The summed E-state index contributed by atoms with van der Waals surface area (Å²) in [7, 11) is 0. The van der Waals surface area contributed by atoms with Gasteiger partial charge in [-0.3, -0.25) is 0 Å². The lowest BCUT2D eigenvalue weighted by Gasteiger charge is -1.95. The van der Waals surface area contributed by atoms with E-state index >= 15 is 0 Å². The third-order valence-corrected chi connectivity index (χ3v) is 2.09. The first-order valence-electron chi connectivity index (χ1n) is 4.96. The minimum Gasteiger partial charge on any atom is -0.460 e. The fourth-order valence-electron chi connectivity index (χ4n) is 1.41. The summed E-state index contributed by atoms with van der Waals surface area (Å²) < 4.78 is 4.82. The van der Waals surface area contributed by atoms with Crippen LogP contribution < -0.4 is 0 Å². The number of hydrogen-bond acceptors (Lipinski definition) is 4. The molecule has 0 bridgehead atoms. The van der Waals surface area contributed by atoms with Crippen molar-refractivity contribution in [3.05, 3.63) is 34.5 Å². The van der Waals surface area contributed by atoms with Crippen molar-refractivity contribution >= 4 is 22.7 Å². The van der Waals surface area contributed by atoms with Gasteiger partial charge in [0.05, 0.1) is 17.6 Å². The summed E-state index contributed by atoms with van der Waals surface area (Å²) >= 11 is 0. The van der Waals surface area contributed by atoms with E-state index in [9.17, 15) is 4.79 Å². The van der Waals surface area contributed by atoms with Crippen LogP contribution in [0.25, 0.3) is 21.5 Å². The molecule has 0 saturated heterocycles. The second-order valence-electron chi connectivity index (χ2n) is 3.20. The highest BCUT2D eigenvalue weighted by atomic mass is 16.5. The predicted molar refractivity (Wildman–Crippen MR) is 60.9 cm³/mol. The number of esters is 1. The van der Waals surface area contributed by atoms with Crippen LogP contribution in [0.15, 0.2) is 23.3 Å². The van der Waals surface area contributed by atoms with Gasteiger partial charge in [0.2, 0.25) is 5.82 Å². The molecule has 86 valence electrons. The Kier molecular flexibility index (Phi) is 2.93. The minimum absolute atomic E-state index is 0.139. The summed E-state index contributed by atoms with van der Waals surface area (Å²) in [6, 6.07) is 4.90. The van der Waals surface area contributed by atoms with Crippen molar-refractivity contribution in [3.63, 3.8) is 0 Å². The third kappa shape index (κ3) is 2.19.